The molecule has 1 rings (SSSR count). The summed E-state index contributed by atoms with van der Waals surface area (Å²) < 4.78 is 12.9. The van der Waals surface area contributed by atoms with Gasteiger partial charge in [0.2, 0.25) is 0 Å². The summed E-state index contributed by atoms with van der Waals surface area (Å²) in [6, 6.07) is 1.50. The van der Waals surface area contributed by atoms with Crippen molar-refractivity contribution in [3.63, 3.8) is 0 Å². The van der Waals surface area contributed by atoms with E-state index in [2.05, 4.69) is 0 Å². The molecule has 0 radical (unpaired) electrons. The van der Waals surface area contributed by atoms with Crippen molar-refractivity contribution in [2.75, 3.05) is 6.61 Å². The summed E-state index contributed by atoms with van der Waals surface area (Å²) in [6.07, 6.45) is 0.243. The molecule has 3 nitrogen and oxygen atoms in total. The predicted octanol–water partition coefficient (Wildman–Crippen LogP) is 1.57. The minimum absolute atomic E-state index is 0.0756. The van der Waals surface area contributed by atoms with Crippen LogP contribution < -0.4 is 5.73 Å². The number of aliphatic hydroxyl groups excluding tert-OH is 1. The Morgan fingerprint density at radius 1 is 1.50 bits per heavy atom. The van der Waals surface area contributed by atoms with E-state index >= 15 is 0 Å². The molecule has 0 aromatic heterocycles. The van der Waals surface area contributed by atoms with Crippen molar-refractivity contribution < 1.29 is 14.6 Å². The number of hydrogen-bond donors (Lipinski definition) is 3. The topological polar surface area (TPSA) is 66.5 Å². The Hall–Kier alpha value is -0.840. The summed E-state index contributed by atoms with van der Waals surface area (Å²) in [4.78, 5) is 0. The van der Waals surface area contributed by atoms with Crippen LogP contribution in [-0.2, 0) is 0 Å². The number of hydrogen-bond acceptors (Lipinski definition) is 3. The Kier molecular flexibility index (Phi) is 3.69. The zero-order valence-electron chi connectivity index (χ0n) is 7.37. The zero-order chi connectivity index (χ0) is 10.7. The molecule has 0 aliphatic carbocycles. The number of rotatable bonds is 3. The molecule has 4 N–H and O–H groups in total. The van der Waals surface area contributed by atoms with Gasteiger partial charge in [0.25, 0.3) is 0 Å². The molecular formula is C9H11ClFNO2. The first-order chi connectivity index (χ1) is 6.56. The molecule has 1 aromatic carbocycles. The molecule has 0 heterocycles. The Morgan fingerprint density at radius 2 is 2.14 bits per heavy atom. The van der Waals surface area contributed by atoms with Crippen LogP contribution >= 0.6 is 11.6 Å². The van der Waals surface area contributed by atoms with Gasteiger partial charge in [-0.05, 0) is 18.6 Å². The van der Waals surface area contributed by atoms with Gasteiger partial charge in [0.05, 0.1) is 5.02 Å². The molecule has 0 saturated heterocycles. The third-order valence-corrected chi connectivity index (χ3v) is 2.19. The first-order valence-electron chi connectivity index (χ1n) is 4.10. The van der Waals surface area contributed by atoms with Crippen LogP contribution in [0.4, 0.5) is 4.39 Å². The van der Waals surface area contributed by atoms with Crippen LogP contribution in [0, 0.1) is 5.82 Å². The second-order valence-corrected chi connectivity index (χ2v) is 3.35. The molecular weight excluding hydrogens is 209 g/mol. The van der Waals surface area contributed by atoms with Gasteiger partial charge in [-0.2, -0.15) is 0 Å². The molecule has 0 fully saturated rings. The van der Waals surface area contributed by atoms with Gasteiger partial charge in [0.1, 0.15) is 11.6 Å². The molecule has 0 aliphatic rings. The van der Waals surface area contributed by atoms with Crippen LogP contribution in [0.5, 0.6) is 5.75 Å². The van der Waals surface area contributed by atoms with Gasteiger partial charge in [0, 0.05) is 18.2 Å². The summed E-state index contributed by atoms with van der Waals surface area (Å²) in [7, 11) is 0. The van der Waals surface area contributed by atoms with Gasteiger partial charge in [0.15, 0.2) is 0 Å². The molecule has 1 aromatic rings. The molecule has 0 saturated carbocycles. The van der Waals surface area contributed by atoms with Crippen molar-refractivity contribution in [3.8, 4) is 5.75 Å². The van der Waals surface area contributed by atoms with E-state index in [0.29, 0.717) is 0 Å². The Bertz CT molecular complexity index is 333. The average molecular weight is 220 g/mol. The summed E-state index contributed by atoms with van der Waals surface area (Å²) in [5.74, 6) is -0.787. The summed E-state index contributed by atoms with van der Waals surface area (Å²) in [5, 5.41) is 18.0. The van der Waals surface area contributed by atoms with Crippen molar-refractivity contribution in [3.05, 3.63) is 28.5 Å². The highest BCUT2D eigenvalue weighted by molar-refractivity contribution is 6.32. The lowest BCUT2D eigenvalue weighted by Gasteiger charge is -2.13. The van der Waals surface area contributed by atoms with Gasteiger partial charge >= 0.3 is 0 Å². The number of aliphatic hydroxyl groups is 1. The third-order valence-electron chi connectivity index (χ3n) is 1.90. The molecule has 0 aliphatic heterocycles. The highest BCUT2D eigenvalue weighted by Crippen LogP contribution is 2.32. The lowest BCUT2D eigenvalue weighted by molar-refractivity contribution is 0.275. The van der Waals surface area contributed by atoms with Crippen LogP contribution in [-0.4, -0.2) is 16.8 Å². The van der Waals surface area contributed by atoms with Crippen molar-refractivity contribution in [2.24, 2.45) is 5.73 Å². The zero-order valence-corrected chi connectivity index (χ0v) is 8.13. The first-order valence-corrected chi connectivity index (χ1v) is 4.48. The molecule has 5 heteroatoms. The van der Waals surface area contributed by atoms with Gasteiger partial charge in [-0.25, -0.2) is 4.39 Å². The Balaban J connectivity index is 3.07. The Labute approximate surface area is 85.9 Å². The van der Waals surface area contributed by atoms with Crippen LogP contribution in [0.25, 0.3) is 0 Å². The summed E-state index contributed by atoms with van der Waals surface area (Å²) in [5.41, 5.74) is 5.81. The van der Waals surface area contributed by atoms with E-state index in [4.69, 9.17) is 22.4 Å². The monoisotopic (exact) mass is 219 g/mol. The number of halogens is 2. The summed E-state index contributed by atoms with van der Waals surface area (Å²) in [6.45, 7) is -0.130. The highest BCUT2D eigenvalue weighted by Gasteiger charge is 2.14. The molecule has 14 heavy (non-hydrogen) atoms. The quantitative estimate of drug-likeness (QED) is 0.723. The molecule has 0 bridgehead atoms. The van der Waals surface area contributed by atoms with Gasteiger partial charge in [-0.3, -0.25) is 0 Å². The largest absolute Gasteiger partial charge is 0.506 e. The standard InChI is InChI=1S/C9H11ClFNO2/c10-7-4-5(11)3-6(9(7)14)8(12)1-2-13/h3-4,8,13-14H,1-2,12H2. The van der Waals surface area contributed by atoms with E-state index in [1.54, 1.807) is 0 Å². The maximum Gasteiger partial charge on any atom is 0.139 e. The average Bonchev–Trinajstić information content (AvgIpc) is 2.11. The van der Waals surface area contributed by atoms with Gasteiger partial charge in [-0.1, -0.05) is 11.6 Å². The smallest absolute Gasteiger partial charge is 0.139 e. The van der Waals surface area contributed by atoms with Gasteiger partial charge < -0.3 is 15.9 Å². The Morgan fingerprint density at radius 3 is 2.71 bits per heavy atom. The fraction of sp³-hybridized carbons (Fsp3) is 0.333. The van der Waals surface area contributed by atoms with E-state index in [-0.39, 0.29) is 29.4 Å². The number of nitrogens with two attached hydrogens (primary N) is 1. The van der Waals surface area contributed by atoms with E-state index in [1.165, 1.54) is 0 Å². The van der Waals surface area contributed by atoms with Crippen molar-refractivity contribution in [1.82, 2.24) is 0 Å². The van der Waals surface area contributed by atoms with Crippen molar-refractivity contribution in [2.45, 2.75) is 12.5 Å². The van der Waals surface area contributed by atoms with Crippen molar-refractivity contribution in [1.29, 1.82) is 0 Å². The second kappa shape index (κ2) is 4.59. The van der Waals surface area contributed by atoms with E-state index in [0.717, 1.165) is 12.1 Å². The number of benzene rings is 1. The highest BCUT2D eigenvalue weighted by atomic mass is 35.5. The van der Waals surface area contributed by atoms with Crippen LogP contribution in [0.2, 0.25) is 5.02 Å². The van der Waals surface area contributed by atoms with Crippen molar-refractivity contribution >= 4 is 11.6 Å². The molecule has 78 valence electrons. The van der Waals surface area contributed by atoms with Gasteiger partial charge in [-0.15, -0.1) is 0 Å². The second-order valence-electron chi connectivity index (χ2n) is 2.94. The SMILES string of the molecule is NC(CCO)c1cc(F)cc(Cl)c1O. The third kappa shape index (κ3) is 2.35. The molecule has 0 spiro atoms. The fourth-order valence-electron chi connectivity index (χ4n) is 1.16. The lowest BCUT2D eigenvalue weighted by atomic mass is 10.0. The minimum atomic E-state index is -0.617. The predicted molar refractivity (Wildman–Crippen MR) is 51.7 cm³/mol. The van der Waals surface area contributed by atoms with Crippen LogP contribution in [0.15, 0.2) is 12.1 Å². The normalized spacial score (nSPS) is 12.9. The molecule has 0 amide bonds. The lowest BCUT2D eigenvalue weighted by Crippen LogP contribution is -2.12. The molecule has 1 atom stereocenters. The van der Waals surface area contributed by atoms with Crippen LogP contribution in [0.3, 0.4) is 0 Å². The van der Waals surface area contributed by atoms with E-state index in [9.17, 15) is 9.50 Å². The fourth-order valence-corrected chi connectivity index (χ4v) is 1.38. The minimum Gasteiger partial charge on any atom is -0.506 e. The first kappa shape index (κ1) is 11.2. The summed E-state index contributed by atoms with van der Waals surface area (Å²) >= 11 is 5.56. The maximum absolute atomic E-state index is 12.9. The molecule has 1 unspecified atom stereocenters. The number of aromatic hydroxyl groups is 1. The maximum atomic E-state index is 12.9. The number of phenols is 1. The number of phenolic OH excluding ortho intramolecular Hbond substituents is 1. The van der Waals surface area contributed by atoms with E-state index < -0.39 is 11.9 Å². The van der Waals surface area contributed by atoms with Crippen LogP contribution in [0.1, 0.15) is 18.0 Å². The van der Waals surface area contributed by atoms with E-state index in [1.807, 2.05) is 0 Å².